The summed E-state index contributed by atoms with van der Waals surface area (Å²) in [6.07, 6.45) is 0. The molecule has 1 aliphatic heterocycles. The fraction of sp³-hybridized carbons (Fsp3) is 0.150. The molecule has 1 unspecified atom stereocenters. The molecular weight excluding hydrogens is 392 g/mol. The predicted molar refractivity (Wildman–Crippen MR) is 105 cm³/mol. The van der Waals surface area contributed by atoms with Gasteiger partial charge in [0.1, 0.15) is 6.04 Å². The van der Waals surface area contributed by atoms with Crippen LogP contribution in [-0.2, 0) is 11.3 Å². The third kappa shape index (κ3) is 4.12. The highest BCUT2D eigenvalue weighted by molar-refractivity contribution is 6.01. The molecule has 1 heterocycles. The first-order valence-electron chi connectivity index (χ1n) is 8.90. The Kier molecular flexibility index (Phi) is 5.77. The Bertz CT molecular complexity index is 1050. The molecule has 4 amide bonds. The Hall–Kier alpha value is -4.21. The van der Waals surface area contributed by atoms with Crippen molar-refractivity contribution < 1.29 is 24.4 Å². The number of nitrogens with zero attached hydrogens (tertiary/aromatic N) is 2. The molecule has 0 saturated carbocycles. The van der Waals surface area contributed by atoms with Gasteiger partial charge in [0.15, 0.2) is 0 Å². The fourth-order valence-corrected chi connectivity index (χ4v) is 3.21. The highest BCUT2D eigenvalue weighted by Crippen LogP contribution is 2.35. The zero-order valence-corrected chi connectivity index (χ0v) is 15.9. The van der Waals surface area contributed by atoms with Gasteiger partial charge in [-0.25, -0.2) is 19.3 Å². The van der Waals surface area contributed by atoms with Crippen molar-refractivity contribution in [1.82, 2.24) is 15.5 Å². The first-order chi connectivity index (χ1) is 14.3. The molecule has 10 heteroatoms. The largest absolute Gasteiger partial charge is 0.478 e. The van der Waals surface area contributed by atoms with Crippen LogP contribution in [0.1, 0.15) is 24.1 Å². The van der Waals surface area contributed by atoms with Gasteiger partial charge >= 0.3 is 18.0 Å². The van der Waals surface area contributed by atoms with Crippen LogP contribution >= 0.6 is 0 Å². The van der Waals surface area contributed by atoms with Crippen LogP contribution in [0.15, 0.2) is 65.9 Å². The summed E-state index contributed by atoms with van der Waals surface area (Å²) in [4.78, 5) is 48.6. The van der Waals surface area contributed by atoms with E-state index in [0.717, 1.165) is 16.5 Å². The molecule has 0 radical (unpaired) electrons. The number of carbonyl (C=O) groups excluding carboxylic acids is 2. The molecule has 2 aromatic rings. The first kappa shape index (κ1) is 20.5. The van der Waals surface area contributed by atoms with Crippen LogP contribution in [0.5, 0.6) is 0 Å². The van der Waals surface area contributed by atoms with Gasteiger partial charge in [0.05, 0.1) is 10.5 Å². The zero-order chi connectivity index (χ0) is 21.8. The molecule has 3 rings (SSSR count). The van der Waals surface area contributed by atoms with E-state index in [4.69, 9.17) is 0 Å². The number of carbonyl (C=O) groups is 3. The lowest BCUT2D eigenvalue weighted by atomic mass is 9.93. The molecule has 0 aliphatic carbocycles. The standard InChI is InChI=1S/C20H18N4O6/c1-12-16(18(25)26)17(14-8-5-9-15(10-14)24(29)30)23(20(28)22-12)19(27)21-11-13-6-3-2-4-7-13/h2-10,17H,11H2,1H3,(H,21,27)(H,22,28)(H,25,26). The average molecular weight is 410 g/mol. The number of nitrogens with one attached hydrogen (secondary N) is 2. The number of benzene rings is 2. The van der Waals surface area contributed by atoms with Crippen molar-refractivity contribution in [2.45, 2.75) is 19.5 Å². The topological polar surface area (TPSA) is 142 Å². The van der Waals surface area contributed by atoms with Gasteiger partial charge in [-0.3, -0.25) is 10.1 Å². The van der Waals surface area contributed by atoms with Gasteiger partial charge in [-0.15, -0.1) is 0 Å². The maximum absolute atomic E-state index is 12.9. The summed E-state index contributed by atoms with van der Waals surface area (Å²) in [5, 5.41) is 25.8. The second-order valence-electron chi connectivity index (χ2n) is 6.54. The molecule has 10 nitrogen and oxygen atoms in total. The van der Waals surface area contributed by atoms with Gasteiger partial charge in [0.2, 0.25) is 0 Å². The summed E-state index contributed by atoms with van der Waals surface area (Å²) in [7, 11) is 0. The summed E-state index contributed by atoms with van der Waals surface area (Å²) in [6, 6.07) is 11.1. The van der Waals surface area contributed by atoms with Gasteiger partial charge < -0.3 is 15.7 Å². The molecule has 0 fully saturated rings. The molecule has 2 aromatic carbocycles. The van der Waals surface area contributed by atoms with Crippen molar-refractivity contribution in [1.29, 1.82) is 0 Å². The van der Waals surface area contributed by atoms with Crippen molar-refractivity contribution in [3.05, 3.63) is 87.1 Å². The van der Waals surface area contributed by atoms with Gasteiger partial charge in [-0.1, -0.05) is 42.5 Å². The summed E-state index contributed by atoms with van der Waals surface area (Å²) >= 11 is 0. The summed E-state index contributed by atoms with van der Waals surface area (Å²) in [5.41, 5.74) is 0.414. The minimum atomic E-state index is -1.36. The summed E-state index contributed by atoms with van der Waals surface area (Å²) < 4.78 is 0. The lowest BCUT2D eigenvalue weighted by Crippen LogP contribution is -2.54. The lowest BCUT2D eigenvalue weighted by molar-refractivity contribution is -0.384. The minimum absolute atomic E-state index is 0.0520. The van der Waals surface area contributed by atoms with Crippen molar-refractivity contribution in [2.75, 3.05) is 0 Å². The number of urea groups is 2. The van der Waals surface area contributed by atoms with E-state index >= 15 is 0 Å². The number of non-ortho nitro benzene ring substituents is 1. The Morgan fingerprint density at radius 1 is 1.20 bits per heavy atom. The molecule has 154 valence electrons. The zero-order valence-electron chi connectivity index (χ0n) is 15.9. The Labute approximate surface area is 171 Å². The van der Waals surface area contributed by atoms with E-state index in [0.29, 0.717) is 0 Å². The van der Waals surface area contributed by atoms with E-state index in [1.807, 2.05) is 6.07 Å². The van der Waals surface area contributed by atoms with Crippen molar-refractivity contribution in [2.24, 2.45) is 0 Å². The van der Waals surface area contributed by atoms with Crippen LogP contribution in [0.3, 0.4) is 0 Å². The van der Waals surface area contributed by atoms with Gasteiger partial charge in [0, 0.05) is 24.4 Å². The van der Waals surface area contributed by atoms with Crippen LogP contribution < -0.4 is 10.6 Å². The van der Waals surface area contributed by atoms with Gasteiger partial charge in [-0.2, -0.15) is 0 Å². The van der Waals surface area contributed by atoms with E-state index in [1.165, 1.54) is 25.1 Å². The molecule has 30 heavy (non-hydrogen) atoms. The van der Waals surface area contributed by atoms with E-state index in [-0.39, 0.29) is 29.1 Å². The van der Waals surface area contributed by atoms with Crippen LogP contribution in [0, 0.1) is 10.1 Å². The highest BCUT2D eigenvalue weighted by atomic mass is 16.6. The monoisotopic (exact) mass is 410 g/mol. The van der Waals surface area contributed by atoms with Gasteiger partial charge in [0.25, 0.3) is 5.69 Å². The van der Waals surface area contributed by atoms with Crippen LogP contribution in [0.2, 0.25) is 0 Å². The minimum Gasteiger partial charge on any atom is -0.478 e. The number of allylic oxidation sites excluding steroid dienone is 1. The van der Waals surface area contributed by atoms with Crippen molar-refractivity contribution in [3.63, 3.8) is 0 Å². The number of carboxylic acids is 1. The van der Waals surface area contributed by atoms with Crippen LogP contribution in [-0.4, -0.2) is 33.0 Å². The Morgan fingerprint density at radius 2 is 1.90 bits per heavy atom. The normalized spacial score (nSPS) is 16.1. The number of rotatable bonds is 5. The SMILES string of the molecule is CC1=C(C(=O)O)C(c2cccc([N+](=O)[O-])c2)N(C(=O)NCc2ccccc2)C(=O)N1. The van der Waals surface area contributed by atoms with E-state index in [2.05, 4.69) is 10.6 Å². The molecular formula is C20H18N4O6. The maximum atomic E-state index is 12.9. The maximum Gasteiger partial charge on any atom is 0.335 e. The molecule has 0 spiro atoms. The number of nitro groups is 1. The number of nitro benzene ring substituents is 1. The number of hydrogen-bond acceptors (Lipinski definition) is 5. The van der Waals surface area contributed by atoms with E-state index in [1.54, 1.807) is 24.3 Å². The highest BCUT2D eigenvalue weighted by Gasteiger charge is 2.41. The number of hydrogen-bond donors (Lipinski definition) is 3. The van der Waals surface area contributed by atoms with E-state index < -0.39 is 29.0 Å². The second-order valence-corrected chi connectivity index (χ2v) is 6.54. The third-order valence-corrected chi connectivity index (χ3v) is 4.58. The lowest BCUT2D eigenvalue weighted by Gasteiger charge is -2.35. The predicted octanol–water partition coefficient (Wildman–Crippen LogP) is 2.93. The van der Waals surface area contributed by atoms with Crippen molar-refractivity contribution >= 4 is 23.7 Å². The van der Waals surface area contributed by atoms with Crippen molar-refractivity contribution in [3.8, 4) is 0 Å². The first-order valence-corrected chi connectivity index (χ1v) is 8.90. The Balaban J connectivity index is 2.01. The molecule has 1 atom stereocenters. The molecule has 3 N–H and O–H groups in total. The summed E-state index contributed by atoms with van der Waals surface area (Å²) in [6.45, 7) is 1.50. The Morgan fingerprint density at radius 3 is 2.53 bits per heavy atom. The number of imide groups is 1. The van der Waals surface area contributed by atoms with Gasteiger partial charge in [-0.05, 0) is 18.1 Å². The number of carboxylic acid groups (broad SMARTS) is 1. The smallest absolute Gasteiger partial charge is 0.335 e. The van der Waals surface area contributed by atoms with E-state index in [9.17, 15) is 29.6 Å². The molecule has 0 aromatic heterocycles. The average Bonchev–Trinajstić information content (AvgIpc) is 2.72. The fourth-order valence-electron chi connectivity index (χ4n) is 3.21. The van der Waals surface area contributed by atoms with Crippen LogP contribution in [0.25, 0.3) is 0 Å². The number of aliphatic carboxylic acids is 1. The molecule has 0 bridgehead atoms. The second kappa shape index (κ2) is 8.43. The number of amides is 4. The summed E-state index contributed by atoms with van der Waals surface area (Å²) in [5.74, 6) is -1.36. The van der Waals surface area contributed by atoms with Crippen LogP contribution in [0.4, 0.5) is 15.3 Å². The third-order valence-electron chi connectivity index (χ3n) is 4.58. The molecule has 1 aliphatic rings. The quantitative estimate of drug-likeness (QED) is 0.511. The molecule has 0 saturated heterocycles.